The molecular weight excluding hydrogens is 214 g/mol. The van der Waals surface area contributed by atoms with Crippen molar-refractivity contribution in [1.29, 1.82) is 0 Å². The Morgan fingerprint density at radius 1 is 1.29 bits per heavy atom. The molecule has 100 valence electrons. The highest BCUT2D eigenvalue weighted by Crippen LogP contribution is 2.37. The first-order valence-corrected chi connectivity index (χ1v) is 6.66. The summed E-state index contributed by atoms with van der Waals surface area (Å²) in [5, 5.41) is 0. The number of hydrogen-bond donors (Lipinski definition) is 2. The SMILES string of the molecule is CCC1(CC)CCN(CC(C)(N)C(N)=O)CC1. The van der Waals surface area contributed by atoms with Gasteiger partial charge in [-0.1, -0.05) is 26.7 Å². The standard InChI is InChI=1S/C13H27N3O/c1-4-13(5-2)6-8-16(9-7-13)10-12(3,15)11(14)17/h4-10,15H2,1-3H3,(H2,14,17). The number of amides is 1. The Kier molecular flexibility index (Phi) is 4.55. The fourth-order valence-electron chi connectivity index (χ4n) is 2.69. The average Bonchev–Trinajstić information content (AvgIpc) is 2.30. The Morgan fingerprint density at radius 3 is 2.12 bits per heavy atom. The highest BCUT2D eigenvalue weighted by atomic mass is 16.1. The third-order valence-corrected chi connectivity index (χ3v) is 4.53. The summed E-state index contributed by atoms with van der Waals surface area (Å²) in [6.45, 7) is 8.90. The zero-order valence-electron chi connectivity index (χ0n) is 11.5. The van der Waals surface area contributed by atoms with Crippen LogP contribution < -0.4 is 11.5 Å². The van der Waals surface area contributed by atoms with Gasteiger partial charge in [0.05, 0.1) is 0 Å². The molecule has 1 saturated heterocycles. The Morgan fingerprint density at radius 2 is 1.76 bits per heavy atom. The number of primary amides is 1. The highest BCUT2D eigenvalue weighted by molar-refractivity contribution is 5.84. The van der Waals surface area contributed by atoms with Gasteiger partial charge in [-0.25, -0.2) is 0 Å². The Balaban J connectivity index is 2.50. The van der Waals surface area contributed by atoms with E-state index in [1.807, 2.05) is 0 Å². The molecule has 0 aromatic rings. The molecule has 0 radical (unpaired) electrons. The molecular formula is C13H27N3O. The first-order chi connectivity index (χ1) is 7.85. The largest absolute Gasteiger partial charge is 0.368 e. The van der Waals surface area contributed by atoms with Gasteiger partial charge in [-0.15, -0.1) is 0 Å². The van der Waals surface area contributed by atoms with Crippen LogP contribution in [-0.4, -0.2) is 36.0 Å². The van der Waals surface area contributed by atoms with E-state index in [2.05, 4.69) is 18.7 Å². The van der Waals surface area contributed by atoms with E-state index in [9.17, 15) is 4.79 Å². The summed E-state index contributed by atoms with van der Waals surface area (Å²) < 4.78 is 0. The third-order valence-electron chi connectivity index (χ3n) is 4.53. The van der Waals surface area contributed by atoms with Crippen molar-refractivity contribution >= 4 is 5.91 Å². The summed E-state index contributed by atoms with van der Waals surface area (Å²) in [6, 6.07) is 0. The predicted molar refractivity (Wildman–Crippen MR) is 70.5 cm³/mol. The number of rotatable bonds is 5. The third kappa shape index (κ3) is 3.42. The minimum Gasteiger partial charge on any atom is -0.368 e. The number of piperidine rings is 1. The van der Waals surface area contributed by atoms with Gasteiger partial charge in [0.2, 0.25) is 5.91 Å². The van der Waals surface area contributed by atoms with Gasteiger partial charge >= 0.3 is 0 Å². The molecule has 4 nitrogen and oxygen atoms in total. The van der Waals surface area contributed by atoms with Crippen molar-refractivity contribution in [2.45, 2.75) is 52.0 Å². The van der Waals surface area contributed by atoms with E-state index in [1.54, 1.807) is 6.92 Å². The highest BCUT2D eigenvalue weighted by Gasteiger charge is 2.35. The van der Waals surface area contributed by atoms with Gasteiger partial charge in [-0.05, 0) is 38.3 Å². The second-order valence-corrected chi connectivity index (χ2v) is 5.76. The van der Waals surface area contributed by atoms with E-state index in [0.29, 0.717) is 12.0 Å². The van der Waals surface area contributed by atoms with E-state index in [-0.39, 0.29) is 0 Å². The topological polar surface area (TPSA) is 72.3 Å². The Bertz CT molecular complexity index is 262. The van der Waals surface area contributed by atoms with E-state index in [1.165, 1.54) is 25.7 Å². The van der Waals surface area contributed by atoms with Crippen molar-refractivity contribution in [2.24, 2.45) is 16.9 Å². The maximum absolute atomic E-state index is 11.2. The van der Waals surface area contributed by atoms with Crippen LogP contribution in [0.3, 0.4) is 0 Å². The summed E-state index contributed by atoms with van der Waals surface area (Å²) in [4.78, 5) is 13.5. The number of nitrogens with zero attached hydrogens (tertiary/aromatic N) is 1. The maximum atomic E-state index is 11.2. The van der Waals surface area contributed by atoms with Crippen molar-refractivity contribution < 1.29 is 4.79 Å². The van der Waals surface area contributed by atoms with Crippen LogP contribution in [0.2, 0.25) is 0 Å². The van der Waals surface area contributed by atoms with Crippen molar-refractivity contribution in [3.05, 3.63) is 0 Å². The predicted octanol–water partition coefficient (Wildman–Crippen LogP) is 1.09. The molecule has 0 bridgehead atoms. The fraction of sp³-hybridized carbons (Fsp3) is 0.923. The van der Waals surface area contributed by atoms with Crippen molar-refractivity contribution in [2.75, 3.05) is 19.6 Å². The summed E-state index contributed by atoms with van der Waals surface area (Å²) in [5.74, 6) is -0.416. The molecule has 1 amide bonds. The minimum absolute atomic E-state index is 0.416. The van der Waals surface area contributed by atoms with E-state index < -0.39 is 11.4 Å². The van der Waals surface area contributed by atoms with Crippen molar-refractivity contribution in [3.8, 4) is 0 Å². The van der Waals surface area contributed by atoms with Gasteiger partial charge in [0.15, 0.2) is 0 Å². The van der Waals surface area contributed by atoms with Gasteiger partial charge in [-0.3, -0.25) is 4.79 Å². The van der Waals surface area contributed by atoms with Crippen LogP contribution in [0.25, 0.3) is 0 Å². The number of carbonyl (C=O) groups excluding carboxylic acids is 1. The number of nitrogens with two attached hydrogens (primary N) is 2. The molecule has 1 aliphatic heterocycles. The van der Waals surface area contributed by atoms with E-state index >= 15 is 0 Å². The molecule has 1 unspecified atom stereocenters. The Hall–Kier alpha value is -0.610. The molecule has 0 saturated carbocycles. The molecule has 0 spiro atoms. The molecule has 1 heterocycles. The molecule has 17 heavy (non-hydrogen) atoms. The minimum atomic E-state index is -0.904. The number of likely N-dealkylation sites (tertiary alicyclic amines) is 1. The molecule has 4 N–H and O–H groups in total. The second kappa shape index (κ2) is 5.36. The maximum Gasteiger partial charge on any atom is 0.238 e. The fourth-order valence-corrected chi connectivity index (χ4v) is 2.69. The van der Waals surface area contributed by atoms with E-state index in [4.69, 9.17) is 11.5 Å². The van der Waals surface area contributed by atoms with Crippen LogP contribution in [-0.2, 0) is 4.79 Å². The summed E-state index contributed by atoms with van der Waals surface area (Å²) in [6.07, 6.45) is 4.89. The van der Waals surface area contributed by atoms with Gasteiger partial charge in [-0.2, -0.15) is 0 Å². The van der Waals surface area contributed by atoms with Crippen LogP contribution in [0, 0.1) is 5.41 Å². The van der Waals surface area contributed by atoms with Crippen LogP contribution in [0.5, 0.6) is 0 Å². The quantitative estimate of drug-likeness (QED) is 0.757. The lowest BCUT2D eigenvalue weighted by Crippen LogP contribution is -2.58. The van der Waals surface area contributed by atoms with Gasteiger partial charge < -0.3 is 16.4 Å². The average molecular weight is 241 g/mol. The molecule has 4 heteroatoms. The zero-order chi connectivity index (χ0) is 13.1. The summed E-state index contributed by atoms with van der Waals surface area (Å²) in [7, 11) is 0. The summed E-state index contributed by atoms with van der Waals surface area (Å²) in [5.41, 5.74) is 10.8. The van der Waals surface area contributed by atoms with E-state index in [0.717, 1.165) is 13.1 Å². The smallest absolute Gasteiger partial charge is 0.238 e. The second-order valence-electron chi connectivity index (χ2n) is 5.76. The van der Waals surface area contributed by atoms with Crippen molar-refractivity contribution in [3.63, 3.8) is 0 Å². The molecule has 1 aliphatic rings. The van der Waals surface area contributed by atoms with Gasteiger partial charge in [0, 0.05) is 6.54 Å². The normalized spacial score (nSPS) is 24.2. The molecule has 0 aromatic carbocycles. The van der Waals surface area contributed by atoms with Crippen LogP contribution in [0.15, 0.2) is 0 Å². The molecule has 1 rings (SSSR count). The Labute approximate surface area is 105 Å². The van der Waals surface area contributed by atoms with Gasteiger partial charge in [0.1, 0.15) is 5.54 Å². The number of hydrogen-bond acceptors (Lipinski definition) is 3. The molecule has 1 fully saturated rings. The lowest BCUT2D eigenvalue weighted by molar-refractivity contribution is -0.123. The summed E-state index contributed by atoms with van der Waals surface area (Å²) >= 11 is 0. The van der Waals surface area contributed by atoms with Crippen LogP contribution in [0.4, 0.5) is 0 Å². The number of carbonyl (C=O) groups is 1. The molecule has 0 aromatic heterocycles. The van der Waals surface area contributed by atoms with Crippen molar-refractivity contribution in [1.82, 2.24) is 4.90 Å². The molecule has 0 aliphatic carbocycles. The lowest BCUT2D eigenvalue weighted by atomic mass is 9.74. The van der Waals surface area contributed by atoms with Gasteiger partial charge in [0.25, 0.3) is 0 Å². The zero-order valence-corrected chi connectivity index (χ0v) is 11.5. The lowest BCUT2D eigenvalue weighted by Gasteiger charge is -2.42. The molecule has 1 atom stereocenters. The first-order valence-electron chi connectivity index (χ1n) is 6.66. The monoisotopic (exact) mass is 241 g/mol. The van der Waals surface area contributed by atoms with Crippen LogP contribution >= 0.6 is 0 Å². The first kappa shape index (κ1) is 14.5. The van der Waals surface area contributed by atoms with Crippen LogP contribution in [0.1, 0.15) is 46.5 Å².